The summed E-state index contributed by atoms with van der Waals surface area (Å²) in [7, 11) is 0. The fourth-order valence-electron chi connectivity index (χ4n) is 1.64. The molecule has 0 saturated heterocycles. The first kappa shape index (κ1) is 14.0. The molecule has 0 heterocycles. The summed E-state index contributed by atoms with van der Waals surface area (Å²) in [5, 5.41) is 12.2. The van der Waals surface area contributed by atoms with Crippen LogP contribution in [0.15, 0.2) is 39.3 Å². The van der Waals surface area contributed by atoms with Gasteiger partial charge in [-0.15, -0.1) is 0 Å². The van der Waals surface area contributed by atoms with Gasteiger partial charge in [-0.3, -0.25) is 0 Å². The molecule has 0 bridgehead atoms. The van der Waals surface area contributed by atoms with Crippen molar-refractivity contribution >= 4 is 43.2 Å². The van der Waals surface area contributed by atoms with Crippen molar-refractivity contribution in [2.24, 2.45) is 0 Å². The molecule has 0 radical (unpaired) electrons. The van der Waals surface area contributed by atoms with Crippen LogP contribution in [0.4, 0.5) is 15.8 Å². The Hall–Kier alpha value is -1.38. The van der Waals surface area contributed by atoms with Gasteiger partial charge in [0.15, 0.2) is 0 Å². The molecule has 0 atom stereocenters. The maximum Gasteiger partial charge on any atom is 0.139 e. The molecule has 2 nitrogen and oxygen atoms in total. The first-order valence-corrected chi connectivity index (χ1v) is 7.02. The van der Waals surface area contributed by atoms with E-state index in [9.17, 15) is 4.39 Å². The Kier molecular flexibility index (Phi) is 4.23. The zero-order valence-electron chi connectivity index (χ0n) is 9.97. The van der Waals surface area contributed by atoms with Crippen LogP contribution in [0, 0.1) is 24.1 Å². The summed E-state index contributed by atoms with van der Waals surface area (Å²) in [6.07, 6.45) is 0. The molecule has 2 aromatic carbocycles. The molecule has 96 valence electrons. The molecule has 0 amide bonds. The number of benzene rings is 2. The number of halogens is 3. The number of hydrogen-bond donors (Lipinski definition) is 1. The zero-order valence-corrected chi connectivity index (χ0v) is 13.1. The lowest BCUT2D eigenvalue weighted by Gasteiger charge is -2.12. The number of anilines is 2. The van der Waals surface area contributed by atoms with Crippen LogP contribution in [0.1, 0.15) is 11.1 Å². The molecule has 2 rings (SSSR count). The SMILES string of the molecule is Cc1cc(Br)c(F)cc1Nc1cc(Br)ccc1C#N. The van der Waals surface area contributed by atoms with E-state index in [1.807, 2.05) is 6.92 Å². The molecule has 0 aliphatic rings. The highest BCUT2D eigenvalue weighted by atomic mass is 79.9. The molecule has 0 unspecified atom stereocenters. The Morgan fingerprint density at radius 3 is 2.58 bits per heavy atom. The van der Waals surface area contributed by atoms with Crippen LogP contribution in [0.5, 0.6) is 0 Å². The van der Waals surface area contributed by atoms with Gasteiger partial charge >= 0.3 is 0 Å². The van der Waals surface area contributed by atoms with Crippen molar-refractivity contribution in [2.75, 3.05) is 5.32 Å². The predicted octanol–water partition coefficient (Wildman–Crippen LogP) is 5.27. The van der Waals surface area contributed by atoms with E-state index in [0.29, 0.717) is 21.4 Å². The standard InChI is InChI=1S/C14H9Br2FN2/c1-8-4-11(16)12(17)6-13(8)19-14-5-10(15)3-2-9(14)7-18/h2-6,19H,1H3. The van der Waals surface area contributed by atoms with Gasteiger partial charge in [-0.05, 0) is 58.7 Å². The lowest BCUT2D eigenvalue weighted by Crippen LogP contribution is -1.97. The van der Waals surface area contributed by atoms with Gasteiger partial charge in [-0.2, -0.15) is 5.26 Å². The Morgan fingerprint density at radius 2 is 1.89 bits per heavy atom. The first-order chi connectivity index (χ1) is 9.01. The Balaban J connectivity index is 2.45. The van der Waals surface area contributed by atoms with Gasteiger partial charge in [0, 0.05) is 10.2 Å². The topological polar surface area (TPSA) is 35.8 Å². The third kappa shape index (κ3) is 3.14. The minimum Gasteiger partial charge on any atom is -0.354 e. The summed E-state index contributed by atoms with van der Waals surface area (Å²) in [6.45, 7) is 1.87. The van der Waals surface area contributed by atoms with Crippen molar-refractivity contribution in [3.63, 3.8) is 0 Å². The molecule has 2 aromatic rings. The lowest BCUT2D eigenvalue weighted by molar-refractivity contribution is 0.621. The largest absolute Gasteiger partial charge is 0.354 e. The van der Waals surface area contributed by atoms with E-state index in [1.54, 1.807) is 24.3 Å². The summed E-state index contributed by atoms with van der Waals surface area (Å²) in [6, 6.07) is 10.5. The summed E-state index contributed by atoms with van der Waals surface area (Å²) in [5.74, 6) is -0.346. The van der Waals surface area contributed by atoms with Gasteiger partial charge in [0.2, 0.25) is 0 Å². The zero-order chi connectivity index (χ0) is 14.0. The normalized spacial score (nSPS) is 10.1. The maximum atomic E-state index is 13.6. The predicted molar refractivity (Wildman–Crippen MR) is 81.0 cm³/mol. The second-order valence-electron chi connectivity index (χ2n) is 4.01. The van der Waals surface area contributed by atoms with Crippen LogP contribution in [-0.2, 0) is 0 Å². The van der Waals surface area contributed by atoms with E-state index >= 15 is 0 Å². The number of nitrogens with zero attached hydrogens (tertiary/aromatic N) is 1. The summed E-state index contributed by atoms with van der Waals surface area (Å²) < 4.78 is 14.8. The van der Waals surface area contributed by atoms with E-state index in [4.69, 9.17) is 5.26 Å². The van der Waals surface area contributed by atoms with Crippen LogP contribution in [0.3, 0.4) is 0 Å². The molecule has 0 aromatic heterocycles. The van der Waals surface area contributed by atoms with Gasteiger partial charge in [0.25, 0.3) is 0 Å². The van der Waals surface area contributed by atoms with E-state index in [2.05, 4.69) is 43.2 Å². The van der Waals surface area contributed by atoms with Crippen LogP contribution in [-0.4, -0.2) is 0 Å². The monoisotopic (exact) mass is 382 g/mol. The van der Waals surface area contributed by atoms with Crippen molar-refractivity contribution in [1.29, 1.82) is 5.26 Å². The quantitative estimate of drug-likeness (QED) is 0.766. The number of nitriles is 1. The van der Waals surface area contributed by atoms with E-state index in [-0.39, 0.29) is 5.82 Å². The molecule has 0 aliphatic carbocycles. The van der Waals surface area contributed by atoms with Crippen molar-refractivity contribution < 1.29 is 4.39 Å². The Labute approximate surface area is 127 Å². The first-order valence-electron chi connectivity index (χ1n) is 5.43. The Bertz CT molecular complexity index is 678. The van der Waals surface area contributed by atoms with Crippen LogP contribution in [0.25, 0.3) is 0 Å². The smallest absolute Gasteiger partial charge is 0.139 e. The van der Waals surface area contributed by atoms with Crippen molar-refractivity contribution in [3.8, 4) is 6.07 Å². The average Bonchev–Trinajstić information content (AvgIpc) is 2.36. The molecule has 0 fully saturated rings. The molecule has 0 aliphatic heterocycles. The number of rotatable bonds is 2. The maximum absolute atomic E-state index is 13.6. The summed E-state index contributed by atoms with van der Waals surface area (Å²) in [4.78, 5) is 0. The van der Waals surface area contributed by atoms with Crippen molar-refractivity contribution in [1.82, 2.24) is 0 Å². The highest BCUT2D eigenvalue weighted by molar-refractivity contribution is 9.10. The highest BCUT2D eigenvalue weighted by Gasteiger charge is 2.08. The lowest BCUT2D eigenvalue weighted by atomic mass is 10.1. The van der Waals surface area contributed by atoms with E-state index in [1.165, 1.54) is 6.07 Å². The van der Waals surface area contributed by atoms with Crippen molar-refractivity contribution in [3.05, 3.63) is 56.2 Å². The molecular weight excluding hydrogens is 375 g/mol. The Morgan fingerprint density at radius 1 is 1.16 bits per heavy atom. The molecule has 19 heavy (non-hydrogen) atoms. The minimum atomic E-state index is -0.346. The van der Waals surface area contributed by atoms with Gasteiger partial charge in [0.1, 0.15) is 11.9 Å². The third-order valence-corrected chi connectivity index (χ3v) is 3.74. The van der Waals surface area contributed by atoms with Gasteiger partial charge in [0.05, 0.1) is 15.7 Å². The van der Waals surface area contributed by atoms with Gasteiger partial charge in [-0.25, -0.2) is 4.39 Å². The average molecular weight is 384 g/mol. The molecule has 1 N–H and O–H groups in total. The second-order valence-corrected chi connectivity index (χ2v) is 5.78. The van der Waals surface area contributed by atoms with E-state index in [0.717, 1.165) is 10.0 Å². The summed E-state index contributed by atoms with van der Waals surface area (Å²) in [5.41, 5.74) is 2.67. The second kappa shape index (κ2) is 5.72. The van der Waals surface area contributed by atoms with Gasteiger partial charge < -0.3 is 5.32 Å². The number of aryl methyl sites for hydroxylation is 1. The molecule has 0 spiro atoms. The fraction of sp³-hybridized carbons (Fsp3) is 0.0714. The van der Waals surface area contributed by atoms with Crippen LogP contribution in [0.2, 0.25) is 0 Å². The van der Waals surface area contributed by atoms with Crippen molar-refractivity contribution in [2.45, 2.75) is 6.92 Å². The molecule has 5 heteroatoms. The molecule has 0 saturated carbocycles. The highest BCUT2D eigenvalue weighted by Crippen LogP contribution is 2.29. The number of nitrogens with one attached hydrogen (secondary N) is 1. The fourth-order valence-corrected chi connectivity index (χ4v) is 2.46. The number of hydrogen-bond acceptors (Lipinski definition) is 2. The van der Waals surface area contributed by atoms with Gasteiger partial charge in [-0.1, -0.05) is 15.9 Å². The van der Waals surface area contributed by atoms with Crippen LogP contribution >= 0.6 is 31.9 Å². The summed E-state index contributed by atoms with van der Waals surface area (Å²) >= 11 is 6.50. The van der Waals surface area contributed by atoms with Crippen LogP contribution < -0.4 is 5.32 Å². The third-order valence-electron chi connectivity index (χ3n) is 2.64. The van der Waals surface area contributed by atoms with E-state index < -0.39 is 0 Å². The molecular formula is C14H9Br2FN2. The minimum absolute atomic E-state index is 0.346.